The lowest BCUT2D eigenvalue weighted by Gasteiger charge is -2.33. The van der Waals surface area contributed by atoms with Crippen molar-refractivity contribution in [2.24, 2.45) is 0 Å². The van der Waals surface area contributed by atoms with E-state index in [4.69, 9.17) is 4.98 Å². The van der Waals surface area contributed by atoms with Gasteiger partial charge < -0.3 is 9.80 Å². The summed E-state index contributed by atoms with van der Waals surface area (Å²) in [5, 5.41) is 3.13. The smallest absolute Gasteiger partial charge is 0.141 e. The molecule has 0 aliphatic carbocycles. The van der Waals surface area contributed by atoms with Crippen LogP contribution in [0.2, 0.25) is 0 Å². The maximum absolute atomic E-state index is 13.5. The van der Waals surface area contributed by atoms with E-state index >= 15 is 0 Å². The molecule has 31 heavy (non-hydrogen) atoms. The number of thiophene rings is 1. The summed E-state index contributed by atoms with van der Waals surface area (Å²) < 4.78 is 13.5. The first-order valence-corrected chi connectivity index (χ1v) is 11.6. The highest BCUT2D eigenvalue weighted by Crippen LogP contribution is 2.39. The molecule has 2 aromatic carbocycles. The molecule has 0 spiro atoms. The van der Waals surface area contributed by atoms with Gasteiger partial charge in [0.25, 0.3) is 0 Å². The van der Waals surface area contributed by atoms with Crippen LogP contribution in [-0.2, 0) is 0 Å². The van der Waals surface area contributed by atoms with Crippen LogP contribution in [0.25, 0.3) is 21.3 Å². The number of hydrogen-bond donors (Lipinski definition) is 0. The molecule has 0 saturated carbocycles. The number of nitrogens with zero attached hydrogens (tertiary/aromatic N) is 4. The van der Waals surface area contributed by atoms with Gasteiger partial charge in [0, 0.05) is 24.5 Å². The fraction of sp³-hybridized carbons (Fsp3) is 0.280. The molecule has 1 aliphatic heterocycles. The minimum absolute atomic E-state index is 0.179. The van der Waals surface area contributed by atoms with Crippen molar-refractivity contribution in [3.8, 4) is 11.1 Å². The molecular weight excluding hydrogens is 407 g/mol. The Morgan fingerprint density at radius 2 is 1.77 bits per heavy atom. The van der Waals surface area contributed by atoms with Gasteiger partial charge >= 0.3 is 0 Å². The second-order valence-electron chi connectivity index (χ2n) is 8.08. The highest BCUT2D eigenvalue weighted by molar-refractivity contribution is 7.17. The normalized spacial score (nSPS) is 15.4. The number of anilines is 1. The SMILES string of the molecule is CN(c1ncnc2scc(-c3ccc(F)cc3)c12)[C@H](CN1CCCC1)c1ccccc1. The van der Waals surface area contributed by atoms with Crippen LogP contribution >= 0.6 is 11.3 Å². The van der Waals surface area contributed by atoms with Gasteiger partial charge in [-0.1, -0.05) is 42.5 Å². The number of aromatic nitrogens is 2. The van der Waals surface area contributed by atoms with E-state index in [2.05, 4.69) is 57.5 Å². The molecule has 1 aliphatic rings. The fourth-order valence-corrected chi connectivity index (χ4v) is 5.36. The van der Waals surface area contributed by atoms with Crippen molar-refractivity contribution >= 4 is 27.4 Å². The van der Waals surface area contributed by atoms with Gasteiger partial charge in [-0.05, 0) is 49.2 Å². The molecule has 1 atom stereocenters. The Bertz CT molecular complexity index is 1150. The lowest BCUT2D eigenvalue weighted by atomic mass is 10.0. The predicted octanol–water partition coefficient (Wildman–Crippen LogP) is 5.77. The van der Waals surface area contributed by atoms with Crippen molar-refractivity contribution in [3.05, 3.63) is 77.7 Å². The third kappa shape index (κ3) is 4.05. The molecule has 4 nitrogen and oxygen atoms in total. The molecule has 0 unspecified atom stereocenters. The highest BCUT2D eigenvalue weighted by atomic mass is 32.1. The van der Waals surface area contributed by atoms with Crippen LogP contribution in [0.3, 0.4) is 0 Å². The Hall–Kier alpha value is -2.83. The second-order valence-corrected chi connectivity index (χ2v) is 8.94. The molecule has 4 aromatic rings. The number of halogens is 1. The molecule has 0 radical (unpaired) electrons. The van der Waals surface area contributed by atoms with Crippen LogP contribution in [0.4, 0.5) is 10.2 Å². The van der Waals surface area contributed by atoms with Crippen LogP contribution < -0.4 is 4.90 Å². The van der Waals surface area contributed by atoms with Crippen molar-refractivity contribution < 1.29 is 4.39 Å². The van der Waals surface area contributed by atoms with Crippen molar-refractivity contribution in [3.63, 3.8) is 0 Å². The largest absolute Gasteiger partial charge is 0.351 e. The first-order chi connectivity index (χ1) is 15.2. The molecule has 158 valence electrons. The van der Waals surface area contributed by atoms with Gasteiger partial charge in [0.2, 0.25) is 0 Å². The Kier molecular flexibility index (Phi) is 5.66. The Balaban J connectivity index is 1.59. The molecule has 3 heterocycles. The lowest BCUT2D eigenvalue weighted by molar-refractivity contribution is 0.312. The molecule has 6 heteroatoms. The molecule has 0 bridgehead atoms. The molecular formula is C25H25FN4S. The third-order valence-electron chi connectivity index (χ3n) is 6.12. The minimum Gasteiger partial charge on any atom is -0.351 e. The molecule has 0 amide bonds. The van der Waals surface area contributed by atoms with Gasteiger partial charge in [0.15, 0.2) is 0 Å². The van der Waals surface area contributed by atoms with Crippen LogP contribution in [0.1, 0.15) is 24.4 Å². The van der Waals surface area contributed by atoms with Crippen LogP contribution in [0.15, 0.2) is 66.3 Å². The van der Waals surface area contributed by atoms with E-state index in [0.29, 0.717) is 0 Å². The summed E-state index contributed by atoms with van der Waals surface area (Å²) in [6.45, 7) is 3.26. The first-order valence-electron chi connectivity index (χ1n) is 10.7. The van der Waals surface area contributed by atoms with E-state index in [9.17, 15) is 4.39 Å². The summed E-state index contributed by atoms with van der Waals surface area (Å²) in [6.07, 6.45) is 4.18. The quantitative estimate of drug-likeness (QED) is 0.387. The van der Waals surface area contributed by atoms with E-state index in [1.165, 1.54) is 30.5 Å². The predicted molar refractivity (Wildman–Crippen MR) is 126 cm³/mol. The monoisotopic (exact) mass is 432 g/mol. The standard InChI is InChI=1S/C25H25FN4S/c1-29(22(15-30-13-5-6-14-30)19-7-3-2-4-8-19)24-23-21(16-31-25(23)28-17-27-24)18-9-11-20(26)12-10-18/h2-4,7-12,16-17,22H,5-6,13-15H2,1H3/t22-/m1/s1. The van der Waals surface area contributed by atoms with Crippen LogP contribution in [-0.4, -0.2) is 41.5 Å². The zero-order valence-corrected chi connectivity index (χ0v) is 18.4. The average molecular weight is 433 g/mol. The molecule has 1 fully saturated rings. The van der Waals surface area contributed by atoms with Crippen molar-refractivity contribution in [2.45, 2.75) is 18.9 Å². The van der Waals surface area contributed by atoms with Gasteiger partial charge in [0.05, 0.1) is 11.4 Å². The summed E-state index contributed by atoms with van der Waals surface area (Å²) in [5.74, 6) is 0.685. The van der Waals surface area contributed by atoms with Crippen LogP contribution in [0, 0.1) is 5.82 Å². The van der Waals surface area contributed by atoms with Gasteiger partial charge in [-0.3, -0.25) is 0 Å². The maximum Gasteiger partial charge on any atom is 0.141 e. The average Bonchev–Trinajstić information content (AvgIpc) is 3.48. The zero-order chi connectivity index (χ0) is 21.2. The van der Waals surface area contributed by atoms with Gasteiger partial charge in [-0.2, -0.15) is 0 Å². The summed E-state index contributed by atoms with van der Waals surface area (Å²) in [4.78, 5) is 15.0. The summed E-state index contributed by atoms with van der Waals surface area (Å²) >= 11 is 1.60. The van der Waals surface area contributed by atoms with Crippen molar-refractivity contribution in [2.75, 3.05) is 31.6 Å². The molecule has 1 saturated heterocycles. The molecule has 2 aromatic heterocycles. The number of likely N-dealkylation sites (tertiary alicyclic amines) is 1. The minimum atomic E-state index is -0.230. The van der Waals surface area contributed by atoms with Crippen molar-refractivity contribution in [1.82, 2.24) is 14.9 Å². The Morgan fingerprint density at radius 1 is 1.03 bits per heavy atom. The number of benzene rings is 2. The zero-order valence-electron chi connectivity index (χ0n) is 17.5. The third-order valence-corrected chi connectivity index (χ3v) is 7.01. The summed E-state index contributed by atoms with van der Waals surface area (Å²) in [5.41, 5.74) is 3.31. The number of rotatable bonds is 6. The van der Waals surface area contributed by atoms with E-state index in [1.54, 1.807) is 17.7 Å². The molecule has 5 rings (SSSR count). The maximum atomic E-state index is 13.5. The van der Waals surface area contributed by atoms with Gasteiger partial charge in [0.1, 0.15) is 22.8 Å². The Morgan fingerprint density at radius 3 is 2.52 bits per heavy atom. The summed E-state index contributed by atoms with van der Waals surface area (Å²) in [7, 11) is 2.13. The number of hydrogen-bond acceptors (Lipinski definition) is 5. The number of likely N-dealkylation sites (N-methyl/N-ethyl adjacent to an activating group) is 1. The first kappa shape index (κ1) is 20.1. The van der Waals surface area contributed by atoms with Gasteiger partial charge in [-0.25, -0.2) is 14.4 Å². The van der Waals surface area contributed by atoms with E-state index < -0.39 is 0 Å². The van der Waals surface area contributed by atoms with E-state index in [0.717, 1.165) is 46.8 Å². The number of fused-ring (bicyclic) bond motifs is 1. The topological polar surface area (TPSA) is 32.3 Å². The summed E-state index contributed by atoms with van der Waals surface area (Å²) in [6, 6.07) is 17.5. The fourth-order valence-electron chi connectivity index (χ4n) is 4.45. The van der Waals surface area contributed by atoms with Gasteiger partial charge in [-0.15, -0.1) is 11.3 Å². The molecule has 0 N–H and O–H groups in total. The van der Waals surface area contributed by atoms with E-state index in [-0.39, 0.29) is 11.9 Å². The second kappa shape index (κ2) is 8.73. The van der Waals surface area contributed by atoms with Crippen LogP contribution in [0.5, 0.6) is 0 Å². The van der Waals surface area contributed by atoms with E-state index in [1.807, 2.05) is 12.1 Å². The lowest BCUT2D eigenvalue weighted by Crippen LogP contribution is -2.35. The van der Waals surface area contributed by atoms with Crippen molar-refractivity contribution in [1.29, 1.82) is 0 Å². The highest BCUT2D eigenvalue weighted by Gasteiger charge is 2.26. The Labute approximate surface area is 186 Å².